The van der Waals surface area contributed by atoms with Crippen molar-refractivity contribution in [1.82, 2.24) is 9.88 Å². The van der Waals surface area contributed by atoms with Gasteiger partial charge in [-0.25, -0.2) is 9.59 Å². The van der Waals surface area contributed by atoms with E-state index < -0.39 is 17.7 Å². The number of ether oxygens (including phenoxy) is 2. The van der Waals surface area contributed by atoms with Gasteiger partial charge < -0.3 is 19.4 Å². The molecule has 1 amide bonds. The fourth-order valence-electron chi connectivity index (χ4n) is 2.84. The average Bonchev–Trinajstić information content (AvgIpc) is 2.95. The van der Waals surface area contributed by atoms with Gasteiger partial charge in [-0.15, -0.1) is 0 Å². The van der Waals surface area contributed by atoms with Crippen molar-refractivity contribution in [1.29, 1.82) is 0 Å². The van der Waals surface area contributed by atoms with Gasteiger partial charge in [-0.2, -0.15) is 0 Å². The molecule has 1 heterocycles. The Labute approximate surface area is 164 Å². The maximum Gasteiger partial charge on any atom is 0.407 e. The Morgan fingerprint density at radius 3 is 2.56 bits per heavy atom. The summed E-state index contributed by atoms with van der Waals surface area (Å²) in [5.74, 6) is -0.425. The molecule has 1 aromatic heterocycles. The molecule has 148 valence electrons. The second kappa shape index (κ2) is 8.21. The normalized spacial score (nSPS) is 12.7. The highest BCUT2D eigenvalue weighted by molar-refractivity contribution is 6.36. The molecule has 27 heavy (non-hydrogen) atoms. The van der Waals surface area contributed by atoms with Gasteiger partial charge in [-0.05, 0) is 53.2 Å². The molecular formula is C20H27ClN2O4. The van der Waals surface area contributed by atoms with Crippen LogP contribution in [0.3, 0.4) is 0 Å². The zero-order valence-corrected chi connectivity index (χ0v) is 17.4. The van der Waals surface area contributed by atoms with E-state index >= 15 is 0 Å². The molecule has 0 saturated carbocycles. The number of amides is 1. The van der Waals surface area contributed by atoms with Gasteiger partial charge in [0.05, 0.1) is 17.1 Å². The zero-order valence-electron chi connectivity index (χ0n) is 16.7. The second-order valence-electron chi connectivity index (χ2n) is 7.49. The van der Waals surface area contributed by atoms with E-state index in [2.05, 4.69) is 5.32 Å². The molecule has 0 saturated heterocycles. The molecule has 0 spiro atoms. The fourth-order valence-corrected chi connectivity index (χ4v) is 3.10. The Hall–Kier alpha value is -2.21. The van der Waals surface area contributed by atoms with Crippen LogP contribution in [0, 0.1) is 6.92 Å². The van der Waals surface area contributed by atoms with Gasteiger partial charge in [0, 0.05) is 18.0 Å². The van der Waals surface area contributed by atoms with E-state index in [-0.39, 0.29) is 19.2 Å². The summed E-state index contributed by atoms with van der Waals surface area (Å²) < 4.78 is 12.3. The van der Waals surface area contributed by atoms with E-state index in [1.54, 1.807) is 33.8 Å². The van der Waals surface area contributed by atoms with Crippen LogP contribution >= 0.6 is 11.6 Å². The van der Waals surface area contributed by atoms with E-state index in [9.17, 15) is 9.59 Å². The van der Waals surface area contributed by atoms with Crippen molar-refractivity contribution in [2.24, 2.45) is 0 Å². The van der Waals surface area contributed by atoms with E-state index in [0.29, 0.717) is 10.7 Å². The van der Waals surface area contributed by atoms with Crippen LogP contribution in [-0.2, 0) is 9.47 Å². The van der Waals surface area contributed by atoms with E-state index in [0.717, 1.165) is 16.5 Å². The van der Waals surface area contributed by atoms with Crippen molar-refractivity contribution in [3.8, 4) is 0 Å². The van der Waals surface area contributed by atoms with Crippen molar-refractivity contribution in [3.63, 3.8) is 0 Å². The Morgan fingerprint density at radius 1 is 1.30 bits per heavy atom. The maximum absolute atomic E-state index is 12.5. The highest BCUT2D eigenvalue weighted by atomic mass is 35.5. The van der Waals surface area contributed by atoms with E-state index in [1.807, 2.05) is 30.5 Å². The van der Waals surface area contributed by atoms with Crippen LogP contribution in [0.25, 0.3) is 10.9 Å². The number of carbonyl (C=O) groups is 2. The van der Waals surface area contributed by atoms with Gasteiger partial charge in [-0.3, -0.25) is 0 Å². The molecule has 1 atom stereocenters. The standard InChI is InChI=1S/C20H27ClN2O4/c1-7-26-18(24)15-10-14-9-8-12(2)16(21)17(14)23(15)13(3)11-22-19(25)27-20(4,5)6/h8-10,13H,7,11H2,1-6H3,(H,22,25)/t13-/m1/s1. The number of aryl methyl sites for hydroxylation is 1. The average molecular weight is 395 g/mol. The number of nitrogens with zero attached hydrogens (tertiary/aromatic N) is 1. The summed E-state index contributed by atoms with van der Waals surface area (Å²) in [4.78, 5) is 24.4. The Bertz CT molecular complexity index is 852. The quantitative estimate of drug-likeness (QED) is 0.735. The first-order chi connectivity index (χ1) is 12.5. The topological polar surface area (TPSA) is 69.6 Å². The summed E-state index contributed by atoms with van der Waals surface area (Å²) in [5.41, 5.74) is 1.48. The summed E-state index contributed by atoms with van der Waals surface area (Å²) in [5, 5.41) is 4.17. The van der Waals surface area contributed by atoms with Gasteiger partial charge in [0.25, 0.3) is 0 Å². The summed E-state index contributed by atoms with van der Waals surface area (Å²) in [6, 6.07) is 5.36. The lowest BCUT2D eigenvalue weighted by Crippen LogP contribution is -2.35. The number of fused-ring (bicyclic) bond motifs is 1. The monoisotopic (exact) mass is 394 g/mol. The van der Waals surface area contributed by atoms with Crippen LogP contribution in [-0.4, -0.2) is 35.4 Å². The molecule has 6 nitrogen and oxygen atoms in total. The molecule has 2 aromatic rings. The number of aromatic nitrogens is 1. The highest BCUT2D eigenvalue weighted by Gasteiger charge is 2.23. The summed E-state index contributed by atoms with van der Waals surface area (Å²) in [6.45, 7) is 11.5. The number of rotatable bonds is 5. The summed E-state index contributed by atoms with van der Waals surface area (Å²) >= 11 is 6.54. The molecule has 7 heteroatoms. The van der Waals surface area contributed by atoms with Gasteiger partial charge in [0.15, 0.2) is 0 Å². The van der Waals surface area contributed by atoms with Crippen molar-refractivity contribution in [2.75, 3.05) is 13.2 Å². The SMILES string of the molecule is CCOC(=O)c1cc2ccc(C)c(Cl)c2n1[C@H](C)CNC(=O)OC(C)(C)C. The minimum absolute atomic E-state index is 0.242. The third kappa shape index (κ3) is 4.95. The zero-order chi connectivity index (χ0) is 20.4. The van der Waals surface area contributed by atoms with Gasteiger partial charge in [0.2, 0.25) is 0 Å². The lowest BCUT2D eigenvalue weighted by molar-refractivity contribution is 0.0512. The van der Waals surface area contributed by atoms with E-state index in [4.69, 9.17) is 21.1 Å². The predicted molar refractivity (Wildman–Crippen MR) is 107 cm³/mol. The van der Waals surface area contributed by atoms with E-state index in [1.165, 1.54) is 0 Å². The van der Waals surface area contributed by atoms with Crippen LogP contribution in [0.2, 0.25) is 5.02 Å². The molecular weight excluding hydrogens is 368 g/mol. The fraction of sp³-hybridized carbons (Fsp3) is 0.500. The Balaban J connectivity index is 2.39. The lowest BCUT2D eigenvalue weighted by Gasteiger charge is -2.22. The number of carbonyl (C=O) groups excluding carboxylic acids is 2. The molecule has 0 aliphatic heterocycles. The van der Waals surface area contributed by atoms with Crippen LogP contribution in [0.15, 0.2) is 18.2 Å². The Kier molecular flexibility index (Phi) is 6.42. The first-order valence-corrected chi connectivity index (χ1v) is 9.37. The smallest absolute Gasteiger partial charge is 0.407 e. The highest BCUT2D eigenvalue weighted by Crippen LogP contribution is 2.32. The van der Waals surface area contributed by atoms with Crippen LogP contribution in [0.5, 0.6) is 0 Å². The van der Waals surface area contributed by atoms with Gasteiger partial charge in [0.1, 0.15) is 11.3 Å². The van der Waals surface area contributed by atoms with Crippen molar-refractivity contribution in [3.05, 3.63) is 34.5 Å². The number of hydrogen-bond acceptors (Lipinski definition) is 4. The van der Waals surface area contributed by atoms with Gasteiger partial charge in [-0.1, -0.05) is 23.7 Å². The first kappa shape index (κ1) is 21.1. The predicted octanol–water partition coefficient (Wildman–Crippen LogP) is 4.87. The second-order valence-corrected chi connectivity index (χ2v) is 7.86. The molecule has 0 bridgehead atoms. The van der Waals surface area contributed by atoms with Crippen LogP contribution < -0.4 is 5.32 Å². The minimum Gasteiger partial charge on any atom is -0.461 e. The molecule has 2 rings (SSSR count). The molecule has 0 aliphatic rings. The maximum atomic E-state index is 12.5. The lowest BCUT2D eigenvalue weighted by atomic mass is 10.2. The minimum atomic E-state index is -0.579. The molecule has 0 radical (unpaired) electrons. The first-order valence-electron chi connectivity index (χ1n) is 8.99. The summed E-state index contributed by atoms with van der Waals surface area (Å²) in [7, 11) is 0. The molecule has 1 N–H and O–H groups in total. The van der Waals surface area contributed by atoms with Crippen LogP contribution in [0.4, 0.5) is 4.79 Å². The van der Waals surface area contributed by atoms with Crippen LogP contribution in [0.1, 0.15) is 56.7 Å². The van der Waals surface area contributed by atoms with Crippen molar-refractivity contribution >= 4 is 34.6 Å². The number of hydrogen-bond donors (Lipinski definition) is 1. The van der Waals surface area contributed by atoms with Crippen molar-refractivity contribution < 1.29 is 19.1 Å². The molecule has 0 fully saturated rings. The third-order valence-corrected chi connectivity index (χ3v) is 4.48. The largest absolute Gasteiger partial charge is 0.461 e. The number of halogens is 1. The molecule has 0 unspecified atom stereocenters. The molecule has 1 aromatic carbocycles. The number of esters is 1. The molecule has 0 aliphatic carbocycles. The van der Waals surface area contributed by atoms with Crippen molar-refractivity contribution in [2.45, 2.75) is 53.2 Å². The Morgan fingerprint density at radius 2 is 1.96 bits per heavy atom. The summed E-state index contributed by atoms with van der Waals surface area (Å²) in [6.07, 6.45) is -0.509. The third-order valence-electron chi connectivity index (χ3n) is 4.00. The number of benzene rings is 1. The number of nitrogens with one attached hydrogen (secondary N) is 1. The van der Waals surface area contributed by atoms with Gasteiger partial charge >= 0.3 is 12.1 Å². The number of alkyl carbamates (subject to hydrolysis) is 1.